The van der Waals surface area contributed by atoms with Crippen LogP contribution in [0.2, 0.25) is 0 Å². The van der Waals surface area contributed by atoms with Crippen LogP contribution in [0.25, 0.3) is 0 Å². The van der Waals surface area contributed by atoms with Crippen LogP contribution in [0.15, 0.2) is 36.9 Å². The predicted molar refractivity (Wildman–Crippen MR) is 68.2 cm³/mol. The Bertz CT molecular complexity index is 327. The number of hydrogen-bond donors (Lipinski definition) is 1. The summed E-state index contributed by atoms with van der Waals surface area (Å²) in [5, 5.41) is 9.19. The number of phenolic OH excluding ortho intramolecular Hbond substituents is 1. The number of rotatable bonds is 2. The fourth-order valence-electron chi connectivity index (χ4n) is 0.935. The van der Waals surface area contributed by atoms with E-state index in [1.54, 1.807) is 12.1 Å². The van der Waals surface area contributed by atoms with Gasteiger partial charge in [0.05, 0.1) is 25.9 Å². The van der Waals surface area contributed by atoms with Crippen molar-refractivity contribution in [1.29, 1.82) is 0 Å². The van der Waals surface area contributed by atoms with Gasteiger partial charge in [0.2, 0.25) is 0 Å². The summed E-state index contributed by atoms with van der Waals surface area (Å²) in [6.07, 6.45) is 3.09. The van der Waals surface area contributed by atoms with Crippen molar-refractivity contribution in [3.63, 3.8) is 0 Å². The molecular weight excluding hydrogens is 216 g/mol. The first-order chi connectivity index (χ1) is 8.24. The van der Waals surface area contributed by atoms with E-state index in [4.69, 9.17) is 4.74 Å². The smallest absolute Gasteiger partial charge is 0.119 e. The van der Waals surface area contributed by atoms with Crippen molar-refractivity contribution in [3.05, 3.63) is 42.5 Å². The number of hydrogen-bond acceptors (Lipinski definition) is 3. The fourth-order valence-corrected chi connectivity index (χ4v) is 0.935. The van der Waals surface area contributed by atoms with E-state index in [1.807, 2.05) is 18.2 Å². The highest BCUT2D eigenvalue weighted by Crippen LogP contribution is 2.15. The Labute approximate surface area is 103 Å². The first kappa shape index (κ1) is 13.7. The lowest BCUT2D eigenvalue weighted by atomic mass is 10.1. The molecule has 0 spiro atoms. The average molecular weight is 236 g/mol. The van der Waals surface area contributed by atoms with Crippen molar-refractivity contribution >= 4 is 0 Å². The number of aromatic hydroxyl groups is 1. The summed E-state index contributed by atoms with van der Waals surface area (Å²) in [5.74, 6) is 0.349. The van der Waals surface area contributed by atoms with Crippen molar-refractivity contribution < 1.29 is 14.6 Å². The molecule has 0 aromatic heterocycles. The first-order valence-corrected chi connectivity index (χ1v) is 5.81. The Hall–Kier alpha value is -1.32. The van der Waals surface area contributed by atoms with Crippen molar-refractivity contribution in [2.24, 2.45) is 0 Å². The van der Waals surface area contributed by atoms with Crippen LogP contribution in [0, 0.1) is 0 Å². The largest absolute Gasteiger partial charge is 0.508 e. The van der Waals surface area contributed by atoms with Crippen LogP contribution >= 0.6 is 0 Å². The molecule has 3 nitrogen and oxygen atoms in total. The van der Waals surface area contributed by atoms with Gasteiger partial charge in [0, 0.05) is 0 Å². The molecule has 2 aliphatic heterocycles. The second-order valence-electron chi connectivity index (χ2n) is 3.88. The third-order valence-corrected chi connectivity index (χ3v) is 2.06. The van der Waals surface area contributed by atoms with E-state index in [9.17, 15) is 5.11 Å². The quantitative estimate of drug-likeness (QED) is 0.634. The van der Waals surface area contributed by atoms with Gasteiger partial charge in [-0.25, -0.2) is 0 Å². The molecule has 2 fully saturated rings. The van der Waals surface area contributed by atoms with Crippen LogP contribution in [-0.2, 0) is 15.9 Å². The van der Waals surface area contributed by atoms with Crippen LogP contribution in [0.3, 0.4) is 0 Å². The van der Waals surface area contributed by atoms with Gasteiger partial charge in [0.1, 0.15) is 5.75 Å². The Kier molecular flexibility index (Phi) is 6.37. The molecule has 2 saturated heterocycles. The summed E-state index contributed by atoms with van der Waals surface area (Å²) in [6, 6.07) is 7.27. The van der Waals surface area contributed by atoms with Crippen molar-refractivity contribution in [3.8, 4) is 5.75 Å². The molecule has 3 heteroatoms. The third kappa shape index (κ3) is 8.48. The van der Waals surface area contributed by atoms with Gasteiger partial charge in [-0.05, 0) is 25.0 Å². The van der Waals surface area contributed by atoms with Crippen LogP contribution in [0.1, 0.15) is 12.5 Å². The maximum absolute atomic E-state index is 9.19. The molecule has 17 heavy (non-hydrogen) atoms. The standard InChI is InChI=1S/C9H10O.C3H6O.C2H4O/c1-2-5-8-6-3-4-7-9(8)10;1-3-2-4-3;1-2-3-1/h2-4,6-7,10H,1,5H2;3H,2H2,1H3;1-2H2. The molecule has 2 aliphatic rings. The van der Waals surface area contributed by atoms with Gasteiger partial charge >= 0.3 is 0 Å². The Morgan fingerprint density at radius 2 is 1.94 bits per heavy atom. The van der Waals surface area contributed by atoms with E-state index in [2.05, 4.69) is 18.2 Å². The zero-order valence-corrected chi connectivity index (χ0v) is 10.3. The summed E-state index contributed by atoms with van der Waals surface area (Å²) < 4.78 is 9.21. The molecule has 0 amide bonds. The third-order valence-electron chi connectivity index (χ3n) is 2.06. The normalized spacial score (nSPS) is 19.0. The Morgan fingerprint density at radius 1 is 1.41 bits per heavy atom. The molecule has 3 rings (SSSR count). The molecule has 1 aromatic carbocycles. The van der Waals surface area contributed by atoms with Gasteiger partial charge < -0.3 is 14.6 Å². The van der Waals surface area contributed by atoms with Gasteiger partial charge in [-0.3, -0.25) is 0 Å². The molecule has 2 heterocycles. The number of phenols is 1. The zero-order chi connectivity index (χ0) is 12.5. The van der Waals surface area contributed by atoms with Crippen LogP contribution in [0.4, 0.5) is 0 Å². The highest BCUT2D eigenvalue weighted by atomic mass is 16.6. The summed E-state index contributed by atoms with van der Waals surface area (Å²) in [7, 11) is 0. The number of ether oxygens (including phenoxy) is 2. The van der Waals surface area contributed by atoms with E-state index in [-0.39, 0.29) is 0 Å². The fraction of sp³-hybridized carbons (Fsp3) is 0.429. The van der Waals surface area contributed by atoms with E-state index in [0.29, 0.717) is 11.9 Å². The van der Waals surface area contributed by atoms with Gasteiger partial charge in [-0.2, -0.15) is 0 Å². The molecule has 0 saturated carbocycles. The van der Waals surface area contributed by atoms with Gasteiger partial charge in [-0.15, -0.1) is 6.58 Å². The second kappa shape index (κ2) is 7.87. The van der Waals surface area contributed by atoms with Crippen LogP contribution in [0.5, 0.6) is 5.75 Å². The monoisotopic (exact) mass is 236 g/mol. The van der Waals surface area contributed by atoms with E-state index in [1.165, 1.54) is 0 Å². The SMILES string of the molecule is C1CO1.C=CCc1ccccc1O.CC1CO1. The van der Waals surface area contributed by atoms with Crippen molar-refractivity contribution in [2.45, 2.75) is 19.4 Å². The Balaban J connectivity index is 0.000000166. The molecule has 0 radical (unpaired) electrons. The van der Waals surface area contributed by atoms with Gasteiger partial charge in [-0.1, -0.05) is 24.3 Å². The minimum atomic E-state index is 0.349. The number of benzene rings is 1. The highest BCUT2D eigenvalue weighted by Gasteiger charge is 2.13. The molecule has 1 aromatic rings. The summed E-state index contributed by atoms with van der Waals surface area (Å²) >= 11 is 0. The maximum atomic E-state index is 9.19. The summed E-state index contributed by atoms with van der Waals surface area (Å²) in [5.41, 5.74) is 0.928. The lowest BCUT2D eigenvalue weighted by Gasteiger charge is -1.97. The predicted octanol–water partition coefficient (Wildman–Crippen LogP) is 2.54. The summed E-state index contributed by atoms with van der Waals surface area (Å²) in [4.78, 5) is 0. The van der Waals surface area contributed by atoms with Gasteiger partial charge in [0.15, 0.2) is 0 Å². The molecule has 0 bridgehead atoms. The minimum Gasteiger partial charge on any atom is -0.508 e. The topological polar surface area (TPSA) is 45.3 Å². The number of para-hydroxylation sites is 1. The average Bonchev–Trinajstić information content (AvgIpc) is 3.16. The number of epoxide rings is 2. The molecular formula is C14H20O3. The molecule has 0 aliphatic carbocycles. The van der Waals surface area contributed by atoms with E-state index < -0.39 is 0 Å². The van der Waals surface area contributed by atoms with E-state index in [0.717, 1.165) is 31.8 Å². The number of allylic oxidation sites excluding steroid dienone is 1. The zero-order valence-electron chi connectivity index (χ0n) is 10.3. The maximum Gasteiger partial charge on any atom is 0.119 e. The van der Waals surface area contributed by atoms with Crippen LogP contribution < -0.4 is 0 Å². The van der Waals surface area contributed by atoms with Crippen LogP contribution in [-0.4, -0.2) is 31.0 Å². The first-order valence-electron chi connectivity index (χ1n) is 5.81. The second-order valence-corrected chi connectivity index (χ2v) is 3.88. The lowest BCUT2D eigenvalue weighted by molar-refractivity contribution is 0.423. The minimum absolute atomic E-state index is 0.349. The summed E-state index contributed by atoms with van der Waals surface area (Å²) in [6.45, 7) is 8.63. The van der Waals surface area contributed by atoms with Crippen molar-refractivity contribution in [1.82, 2.24) is 0 Å². The van der Waals surface area contributed by atoms with Crippen molar-refractivity contribution in [2.75, 3.05) is 19.8 Å². The highest BCUT2D eigenvalue weighted by molar-refractivity contribution is 5.32. The molecule has 1 unspecified atom stereocenters. The molecule has 1 atom stereocenters. The van der Waals surface area contributed by atoms with Gasteiger partial charge in [0.25, 0.3) is 0 Å². The molecule has 1 N–H and O–H groups in total. The Morgan fingerprint density at radius 3 is 2.29 bits per heavy atom. The van der Waals surface area contributed by atoms with E-state index >= 15 is 0 Å². The lowest BCUT2D eigenvalue weighted by Crippen LogP contribution is -1.79. The molecule has 94 valence electrons.